The van der Waals surface area contributed by atoms with Gasteiger partial charge in [-0.3, -0.25) is 4.79 Å². The molecule has 0 aromatic heterocycles. The van der Waals surface area contributed by atoms with Crippen molar-refractivity contribution in [3.8, 4) is 0 Å². The molecule has 0 aliphatic heterocycles. The summed E-state index contributed by atoms with van der Waals surface area (Å²) in [6, 6.07) is 4.00. The third kappa shape index (κ3) is 4.54. The quantitative estimate of drug-likeness (QED) is 0.715. The number of aliphatic hydroxyl groups is 1. The van der Waals surface area contributed by atoms with E-state index in [-0.39, 0.29) is 22.6 Å². The standard InChI is InChI=1S/C12H17FN2O2S/c1-7(16)8(2)18-6-12(17)15-11-5-9(14)3-4-10(11)13/h3-5,7-8,16H,6,14H2,1-2H3,(H,15,17). The average molecular weight is 272 g/mol. The Morgan fingerprint density at radius 3 is 2.83 bits per heavy atom. The van der Waals surface area contributed by atoms with Crippen molar-refractivity contribution in [1.82, 2.24) is 0 Å². The van der Waals surface area contributed by atoms with Crippen LogP contribution >= 0.6 is 11.8 Å². The van der Waals surface area contributed by atoms with E-state index in [9.17, 15) is 14.3 Å². The van der Waals surface area contributed by atoms with E-state index < -0.39 is 11.9 Å². The van der Waals surface area contributed by atoms with Crippen molar-refractivity contribution in [3.05, 3.63) is 24.0 Å². The summed E-state index contributed by atoms with van der Waals surface area (Å²) in [5.74, 6) is -0.691. The summed E-state index contributed by atoms with van der Waals surface area (Å²) < 4.78 is 13.3. The molecule has 100 valence electrons. The number of nitrogens with two attached hydrogens (primary N) is 1. The maximum atomic E-state index is 13.3. The Morgan fingerprint density at radius 2 is 2.22 bits per heavy atom. The van der Waals surface area contributed by atoms with Gasteiger partial charge < -0.3 is 16.2 Å². The molecule has 1 aromatic carbocycles. The van der Waals surface area contributed by atoms with Gasteiger partial charge in [0, 0.05) is 10.9 Å². The highest BCUT2D eigenvalue weighted by atomic mass is 32.2. The highest BCUT2D eigenvalue weighted by Gasteiger charge is 2.13. The number of hydrogen-bond donors (Lipinski definition) is 3. The molecule has 2 atom stereocenters. The zero-order valence-corrected chi connectivity index (χ0v) is 11.1. The third-order valence-corrected chi connectivity index (χ3v) is 3.77. The number of benzene rings is 1. The molecule has 0 heterocycles. The maximum Gasteiger partial charge on any atom is 0.234 e. The van der Waals surface area contributed by atoms with Gasteiger partial charge in [0.25, 0.3) is 0 Å². The van der Waals surface area contributed by atoms with Gasteiger partial charge in [-0.05, 0) is 25.1 Å². The van der Waals surface area contributed by atoms with Crippen LogP contribution in [-0.4, -0.2) is 28.1 Å². The van der Waals surface area contributed by atoms with Gasteiger partial charge in [-0.1, -0.05) is 6.92 Å². The molecule has 0 aliphatic rings. The van der Waals surface area contributed by atoms with Crippen LogP contribution in [0.3, 0.4) is 0 Å². The van der Waals surface area contributed by atoms with E-state index in [1.54, 1.807) is 6.92 Å². The van der Waals surface area contributed by atoms with Crippen LogP contribution < -0.4 is 11.1 Å². The number of halogens is 1. The van der Waals surface area contributed by atoms with E-state index in [1.165, 1.54) is 30.0 Å². The van der Waals surface area contributed by atoms with Crippen molar-refractivity contribution in [3.63, 3.8) is 0 Å². The molecule has 0 fully saturated rings. The van der Waals surface area contributed by atoms with Gasteiger partial charge in [0.1, 0.15) is 5.82 Å². The fourth-order valence-electron chi connectivity index (χ4n) is 1.17. The Bertz CT molecular complexity index is 427. The molecule has 0 bridgehead atoms. The minimum Gasteiger partial charge on any atom is -0.399 e. The lowest BCUT2D eigenvalue weighted by atomic mass is 10.2. The second-order valence-electron chi connectivity index (χ2n) is 4.04. The molecule has 6 heteroatoms. The van der Waals surface area contributed by atoms with Crippen LogP contribution in [0.15, 0.2) is 18.2 Å². The molecule has 0 radical (unpaired) electrons. The van der Waals surface area contributed by atoms with E-state index in [0.29, 0.717) is 5.69 Å². The number of anilines is 2. The van der Waals surface area contributed by atoms with E-state index in [4.69, 9.17) is 5.73 Å². The zero-order chi connectivity index (χ0) is 13.7. The van der Waals surface area contributed by atoms with Crippen LogP contribution in [0.1, 0.15) is 13.8 Å². The highest BCUT2D eigenvalue weighted by molar-refractivity contribution is 8.00. The number of hydrogen-bond acceptors (Lipinski definition) is 4. The van der Waals surface area contributed by atoms with Crippen LogP contribution in [0, 0.1) is 5.82 Å². The summed E-state index contributed by atoms with van der Waals surface area (Å²) in [5, 5.41) is 11.7. The first-order valence-corrected chi connectivity index (χ1v) is 6.59. The molecule has 4 N–H and O–H groups in total. The summed E-state index contributed by atoms with van der Waals surface area (Å²) in [7, 11) is 0. The first-order valence-electron chi connectivity index (χ1n) is 5.54. The summed E-state index contributed by atoms with van der Waals surface area (Å²) in [5.41, 5.74) is 5.97. The predicted octanol–water partition coefficient (Wildman–Crippen LogP) is 1.85. The minimum absolute atomic E-state index is 0.0542. The zero-order valence-electron chi connectivity index (χ0n) is 10.3. The topological polar surface area (TPSA) is 75.3 Å². The van der Waals surface area contributed by atoms with E-state index in [2.05, 4.69) is 5.32 Å². The number of carbonyl (C=O) groups is 1. The Labute approximate surface area is 110 Å². The Balaban J connectivity index is 2.52. The molecule has 18 heavy (non-hydrogen) atoms. The summed E-state index contributed by atoms with van der Waals surface area (Å²) >= 11 is 1.31. The largest absolute Gasteiger partial charge is 0.399 e. The SMILES string of the molecule is CC(O)C(C)SCC(=O)Nc1cc(N)ccc1F. The fourth-order valence-corrected chi connectivity index (χ4v) is 1.94. The van der Waals surface area contributed by atoms with Crippen LogP contribution in [-0.2, 0) is 4.79 Å². The molecule has 1 rings (SSSR count). The number of nitrogen functional groups attached to an aromatic ring is 1. The van der Waals surface area contributed by atoms with Gasteiger partial charge in [-0.25, -0.2) is 4.39 Å². The lowest BCUT2D eigenvalue weighted by molar-refractivity contribution is -0.113. The van der Waals surface area contributed by atoms with E-state index in [1.807, 2.05) is 6.92 Å². The Morgan fingerprint density at radius 1 is 1.56 bits per heavy atom. The van der Waals surface area contributed by atoms with Crippen LogP contribution in [0.2, 0.25) is 0 Å². The normalized spacial score (nSPS) is 14.0. The molecule has 4 nitrogen and oxygen atoms in total. The monoisotopic (exact) mass is 272 g/mol. The van der Waals surface area contributed by atoms with Crippen LogP contribution in [0.4, 0.5) is 15.8 Å². The van der Waals surface area contributed by atoms with Gasteiger partial charge >= 0.3 is 0 Å². The molecule has 0 spiro atoms. The first-order chi connectivity index (χ1) is 8.40. The second-order valence-corrected chi connectivity index (χ2v) is 5.41. The number of nitrogens with one attached hydrogen (secondary N) is 1. The number of carbonyl (C=O) groups excluding carboxylic acids is 1. The molecular formula is C12H17FN2O2S. The van der Waals surface area contributed by atoms with Gasteiger partial charge in [0.15, 0.2) is 0 Å². The van der Waals surface area contributed by atoms with Crippen molar-refractivity contribution in [1.29, 1.82) is 0 Å². The predicted molar refractivity (Wildman–Crippen MR) is 73.0 cm³/mol. The minimum atomic E-state index is -0.522. The van der Waals surface area contributed by atoms with Gasteiger partial charge in [-0.2, -0.15) is 0 Å². The van der Waals surface area contributed by atoms with Crippen molar-refractivity contribution >= 4 is 29.0 Å². The number of aliphatic hydroxyl groups excluding tert-OH is 1. The molecule has 2 unspecified atom stereocenters. The van der Waals surface area contributed by atoms with Gasteiger partial charge in [0.05, 0.1) is 17.5 Å². The average Bonchev–Trinajstić information content (AvgIpc) is 2.30. The summed E-state index contributed by atoms with van der Waals surface area (Å²) in [6.07, 6.45) is -0.494. The summed E-state index contributed by atoms with van der Waals surface area (Å²) in [6.45, 7) is 3.48. The Hall–Kier alpha value is -1.27. The number of amides is 1. The smallest absolute Gasteiger partial charge is 0.234 e. The molecular weight excluding hydrogens is 255 g/mol. The molecule has 0 aliphatic carbocycles. The molecule has 1 aromatic rings. The van der Waals surface area contributed by atoms with Crippen LogP contribution in [0.25, 0.3) is 0 Å². The summed E-state index contributed by atoms with van der Waals surface area (Å²) in [4.78, 5) is 11.6. The maximum absolute atomic E-state index is 13.3. The van der Waals surface area contributed by atoms with Crippen molar-refractivity contribution < 1.29 is 14.3 Å². The van der Waals surface area contributed by atoms with Crippen LogP contribution in [0.5, 0.6) is 0 Å². The highest BCUT2D eigenvalue weighted by Crippen LogP contribution is 2.19. The lowest BCUT2D eigenvalue weighted by Gasteiger charge is -2.14. The molecule has 1 amide bonds. The van der Waals surface area contributed by atoms with Crippen molar-refractivity contribution in [2.75, 3.05) is 16.8 Å². The second kappa shape index (κ2) is 6.61. The first kappa shape index (κ1) is 14.8. The van der Waals surface area contributed by atoms with Crippen molar-refractivity contribution in [2.45, 2.75) is 25.2 Å². The van der Waals surface area contributed by atoms with Gasteiger partial charge in [-0.15, -0.1) is 11.8 Å². The van der Waals surface area contributed by atoms with Crippen molar-refractivity contribution in [2.24, 2.45) is 0 Å². The molecule has 0 saturated carbocycles. The lowest BCUT2D eigenvalue weighted by Crippen LogP contribution is -2.21. The Kier molecular flexibility index (Phi) is 5.43. The van der Waals surface area contributed by atoms with E-state index in [0.717, 1.165) is 0 Å². The van der Waals surface area contributed by atoms with E-state index >= 15 is 0 Å². The fraction of sp³-hybridized carbons (Fsp3) is 0.417. The number of thioether (sulfide) groups is 1. The number of rotatable bonds is 5. The van der Waals surface area contributed by atoms with Gasteiger partial charge in [0.2, 0.25) is 5.91 Å². The third-order valence-electron chi connectivity index (χ3n) is 2.42. The molecule has 0 saturated heterocycles.